The molecule has 0 aliphatic heterocycles. The molecular formula is C25H28N4O2S. The fourth-order valence-electron chi connectivity index (χ4n) is 4.36. The van der Waals surface area contributed by atoms with Gasteiger partial charge in [-0.1, -0.05) is 41.2 Å². The molecule has 0 bridgehead atoms. The third-order valence-electron chi connectivity index (χ3n) is 5.78. The molecule has 4 rings (SSSR count). The number of thiazole rings is 1. The largest absolute Gasteiger partial charge is 0.325 e. The zero-order valence-electron chi connectivity index (χ0n) is 18.9. The monoisotopic (exact) mass is 448 g/mol. The SMILES string of the molecule is Cc1cc(C)c(NC(=O)c2sc(NC(=O)Nc3cccc4c3CCCC4)nc2C)c(C)c1. The molecule has 0 spiro atoms. The molecule has 2 aromatic carbocycles. The van der Waals surface area contributed by atoms with Crippen molar-refractivity contribution >= 4 is 39.8 Å². The number of rotatable bonds is 4. The summed E-state index contributed by atoms with van der Waals surface area (Å²) >= 11 is 1.17. The Morgan fingerprint density at radius 2 is 1.66 bits per heavy atom. The van der Waals surface area contributed by atoms with Gasteiger partial charge in [0, 0.05) is 11.4 Å². The second kappa shape index (κ2) is 9.12. The lowest BCUT2D eigenvalue weighted by atomic mass is 9.90. The molecule has 1 heterocycles. The lowest BCUT2D eigenvalue weighted by Gasteiger charge is -2.19. The number of carbonyl (C=O) groups is 2. The van der Waals surface area contributed by atoms with Gasteiger partial charge >= 0.3 is 6.03 Å². The molecule has 0 unspecified atom stereocenters. The molecule has 7 heteroatoms. The van der Waals surface area contributed by atoms with Gasteiger partial charge in [-0.15, -0.1) is 0 Å². The van der Waals surface area contributed by atoms with Gasteiger partial charge in [0.05, 0.1) is 5.69 Å². The topological polar surface area (TPSA) is 83.1 Å². The van der Waals surface area contributed by atoms with Crippen LogP contribution in [0.15, 0.2) is 30.3 Å². The molecule has 0 saturated heterocycles. The quantitative estimate of drug-likeness (QED) is 0.447. The number of hydrogen-bond acceptors (Lipinski definition) is 4. The van der Waals surface area contributed by atoms with E-state index in [0.717, 1.165) is 47.3 Å². The number of benzene rings is 2. The van der Waals surface area contributed by atoms with Crippen LogP contribution >= 0.6 is 11.3 Å². The van der Waals surface area contributed by atoms with Crippen molar-refractivity contribution in [2.45, 2.75) is 53.4 Å². The van der Waals surface area contributed by atoms with Gasteiger partial charge in [-0.3, -0.25) is 10.1 Å². The van der Waals surface area contributed by atoms with Crippen molar-refractivity contribution in [3.05, 3.63) is 68.7 Å². The number of anilines is 3. The van der Waals surface area contributed by atoms with E-state index in [4.69, 9.17) is 0 Å². The highest BCUT2D eigenvalue weighted by molar-refractivity contribution is 7.17. The van der Waals surface area contributed by atoms with Gasteiger partial charge in [-0.05, 0) is 81.7 Å². The Bertz CT molecular complexity index is 1180. The Balaban J connectivity index is 1.46. The van der Waals surface area contributed by atoms with E-state index in [1.165, 1.54) is 28.9 Å². The van der Waals surface area contributed by atoms with Gasteiger partial charge in [0.1, 0.15) is 4.88 Å². The summed E-state index contributed by atoms with van der Waals surface area (Å²) in [5.74, 6) is -0.222. The summed E-state index contributed by atoms with van der Waals surface area (Å²) in [6.45, 7) is 7.77. The average molecular weight is 449 g/mol. The number of hydrogen-bond donors (Lipinski definition) is 3. The number of nitrogens with zero attached hydrogens (tertiary/aromatic N) is 1. The molecule has 0 saturated carbocycles. The van der Waals surface area contributed by atoms with Crippen molar-refractivity contribution in [2.24, 2.45) is 0 Å². The number of aryl methyl sites for hydroxylation is 5. The van der Waals surface area contributed by atoms with E-state index in [1.807, 2.05) is 45.0 Å². The third kappa shape index (κ3) is 4.67. The van der Waals surface area contributed by atoms with Crippen molar-refractivity contribution in [1.29, 1.82) is 0 Å². The molecule has 3 aromatic rings. The van der Waals surface area contributed by atoms with Crippen LogP contribution in [0.1, 0.15) is 56.0 Å². The van der Waals surface area contributed by atoms with Crippen molar-refractivity contribution in [3.8, 4) is 0 Å². The van der Waals surface area contributed by atoms with Crippen molar-refractivity contribution < 1.29 is 9.59 Å². The molecule has 1 aromatic heterocycles. The second-order valence-electron chi connectivity index (χ2n) is 8.39. The number of amides is 3. The standard InChI is InChI=1S/C25H28N4O2S/c1-14-12-15(2)21(16(3)13-14)28-23(30)22-17(4)26-25(32-22)29-24(31)27-20-11-7-9-18-8-5-6-10-19(18)20/h7,9,11-13H,5-6,8,10H2,1-4H3,(H,28,30)(H2,26,27,29,31). The van der Waals surface area contributed by atoms with Crippen LogP contribution in [-0.2, 0) is 12.8 Å². The van der Waals surface area contributed by atoms with E-state index in [-0.39, 0.29) is 11.9 Å². The zero-order valence-corrected chi connectivity index (χ0v) is 19.7. The van der Waals surface area contributed by atoms with Crippen molar-refractivity contribution in [2.75, 3.05) is 16.0 Å². The van der Waals surface area contributed by atoms with Crippen LogP contribution in [0, 0.1) is 27.7 Å². The number of carbonyl (C=O) groups excluding carboxylic acids is 2. The van der Waals surface area contributed by atoms with E-state index in [2.05, 4.69) is 27.0 Å². The smallest absolute Gasteiger partial charge is 0.321 e. The summed E-state index contributed by atoms with van der Waals surface area (Å²) in [6, 6.07) is 9.77. The minimum atomic E-state index is -0.352. The normalized spacial score (nSPS) is 12.8. The number of urea groups is 1. The maximum Gasteiger partial charge on any atom is 0.325 e. The predicted molar refractivity (Wildman–Crippen MR) is 131 cm³/mol. The van der Waals surface area contributed by atoms with Gasteiger partial charge in [0.25, 0.3) is 5.91 Å². The molecular weight excluding hydrogens is 420 g/mol. The molecule has 1 aliphatic carbocycles. The molecule has 3 amide bonds. The van der Waals surface area contributed by atoms with E-state index >= 15 is 0 Å². The van der Waals surface area contributed by atoms with Gasteiger partial charge in [0.2, 0.25) is 0 Å². The summed E-state index contributed by atoms with van der Waals surface area (Å²) in [7, 11) is 0. The molecule has 0 atom stereocenters. The van der Waals surface area contributed by atoms with Crippen LogP contribution in [0.5, 0.6) is 0 Å². The molecule has 3 N–H and O–H groups in total. The summed E-state index contributed by atoms with van der Waals surface area (Å²) in [5.41, 5.74) is 7.95. The van der Waals surface area contributed by atoms with E-state index in [1.54, 1.807) is 6.92 Å². The maximum absolute atomic E-state index is 12.9. The zero-order chi connectivity index (χ0) is 22.8. The van der Waals surface area contributed by atoms with Crippen LogP contribution in [0.3, 0.4) is 0 Å². The van der Waals surface area contributed by atoms with Crippen LogP contribution in [0.4, 0.5) is 21.3 Å². The van der Waals surface area contributed by atoms with Gasteiger partial charge in [-0.2, -0.15) is 0 Å². The summed E-state index contributed by atoms with van der Waals surface area (Å²) in [6.07, 6.45) is 4.35. The summed E-state index contributed by atoms with van der Waals surface area (Å²) < 4.78 is 0. The second-order valence-corrected chi connectivity index (χ2v) is 9.39. The molecule has 166 valence electrons. The Hall–Kier alpha value is -3.19. The van der Waals surface area contributed by atoms with Crippen LogP contribution in [0.2, 0.25) is 0 Å². The fourth-order valence-corrected chi connectivity index (χ4v) is 5.21. The highest BCUT2D eigenvalue weighted by Gasteiger charge is 2.19. The minimum absolute atomic E-state index is 0.222. The fraction of sp³-hybridized carbons (Fsp3) is 0.320. The van der Waals surface area contributed by atoms with Gasteiger partial charge in [-0.25, -0.2) is 9.78 Å². The van der Waals surface area contributed by atoms with Gasteiger partial charge in [0.15, 0.2) is 5.13 Å². The van der Waals surface area contributed by atoms with E-state index in [9.17, 15) is 9.59 Å². The Labute approximate surface area is 192 Å². The summed E-state index contributed by atoms with van der Waals surface area (Å²) in [5, 5.41) is 9.14. The molecule has 0 radical (unpaired) electrons. The van der Waals surface area contributed by atoms with Crippen molar-refractivity contribution in [3.63, 3.8) is 0 Å². The third-order valence-corrected chi connectivity index (χ3v) is 6.85. The average Bonchev–Trinajstić information content (AvgIpc) is 3.10. The first kappa shape index (κ1) is 22.0. The number of aromatic nitrogens is 1. The van der Waals surface area contributed by atoms with Gasteiger partial charge < -0.3 is 10.6 Å². The highest BCUT2D eigenvalue weighted by atomic mass is 32.1. The first-order valence-corrected chi connectivity index (χ1v) is 11.7. The van der Waals surface area contributed by atoms with E-state index in [0.29, 0.717) is 15.7 Å². The van der Waals surface area contributed by atoms with E-state index < -0.39 is 0 Å². The first-order chi connectivity index (χ1) is 15.3. The first-order valence-electron chi connectivity index (χ1n) is 10.9. The lowest BCUT2D eigenvalue weighted by Crippen LogP contribution is -2.21. The Kier molecular flexibility index (Phi) is 6.28. The van der Waals surface area contributed by atoms with Crippen LogP contribution < -0.4 is 16.0 Å². The van der Waals surface area contributed by atoms with Crippen LogP contribution in [0.25, 0.3) is 0 Å². The molecule has 0 fully saturated rings. The highest BCUT2D eigenvalue weighted by Crippen LogP contribution is 2.29. The molecule has 32 heavy (non-hydrogen) atoms. The summed E-state index contributed by atoms with van der Waals surface area (Å²) in [4.78, 5) is 30.4. The van der Waals surface area contributed by atoms with Crippen molar-refractivity contribution in [1.82, 2.24) is 4.98 Å². The number of nitrogens with one attached hydrogen (secondary N) is 3. The molecule has 6 nitrogen and oxygen atoms in total. The Morgan fingerprint density at radius 3 is 2.41 bits per heavy atom. The maximum atomic E-state index is 12.9. The lowest BCUT2D eigenvalue weighted by molar-refractivity contribution is 0.102. The number of fused-ring (bicyclic) bond motifs is 1. The molecule has 1 aliphatic rings. The predicted octanol–water partition coefficient (Wildman–Crippen LogP) is 6.15. The Morgan fingerprint density at radius 1 is 0.938 bits per heavy atom. The van der Waals surface area contributed by atoms with Crippen LogP contribution in [-0.4, -0.2) is 16.9 Å². The minimum Gasteiger partial charge on any atom is -0.321 e.